The van der Waals surface area contributed by atoms with Crippen molar-refractivity contribution in [2.75, 3.05) is 13.7 Å². The van der Waals surface area contributed by atoms with Gasteiger partial charge in [0.2, 0.25) is 0 Å². The lowest BCUT2D eigenvalue weighted by Gasteiger charge is -2.08. The SMILES string of the molecule is COc1ccccc1CCNCc1ccc(Cl)s1. The molecule has 0 radical (unpaired) electrons. The number of methoxy groups -OCH3 is 1. The van der Waals surface area contributed by atoms with Crippen LogP contribution in [0.25, 0.3) is 0 Å². The fourth-order valence-electron chi connectivity index (χ4n) is 1.79. The van der Waals surface area contributed by atoms with Crippen LogP contribution in [0.15, 0.2) is 36.4 Å². The Bertz CT molecular complexity index is 498. The van der Waals surface area contributed by atoms with Gasteiger partial charge >= 0.3 is 0 Å². The zero-order chi connectivity index (χ0) is 12.8. The Balaban J connectivity index is 1.78. The molecule has 0 fully saturated rings. The summed E-state index contributed by atoms with van der Waals surface area (Å²) in [6.45, 7) is 1.79. The van der Waals surface area contributed by atoms with Crippen molar-refractivity contribution in [3.63, 3.8) is 0 Å². The van der Waals surface area contributed by atoms with E-state index in [0.29, 0.717) is 0 Å². The van der Waals surface area contributed by atoms with Crippen molar-refractivity contribution in [2.24, 2.45) is 0 Å². The minimum absolute atomic E-state index is 0.844. The number of hydrogen-bond acceptors (Lipinski definition) is 3. The number of rotatable bonds is 6. The van der Waals surface area contributed by atoms with E-state index in [1.54, 1.807) is 18.4 Å². The zero-order valence-electron chi connectivity index (χ0n) is 10.3. The molecule has 0 aliphatic rings. The Morgan fingerprint density at radius 2 is 2.06 bits per heavy atom. The summed E-state index contributed by atoms with van der Waals surface area (Å²) in [5.74, 6) is 0.957. The topological polar surface area (TPSA) is 21.3 Å². The van der Waals surface area contributed by atoms with E-state index < -0.39 is 0 Å². The molecule has 1 aromatic heterocycles. The highest BCUT2D eigenvalue weighted by Crippen LogP contribution is 2.21. The molecule has 0 aliphatic heterocycles. The van der Waals surface area contributed by atoms with E-state index >= 15 is 0 Å². The third-order valence-corrected chi connectivity index (χ3v) is 3.92. The molecule has 18 heavy (non-hydrogen) atoms. The number of halogens is 1. The molecule has 2 aromatic rings. The van der Waals surface area contributed by atoms with Gasteiger partial charge in [-0.05, 0) is 36.7 Å². The summed E-state index contributed by atoms with van der Waals surface area (Å²) in [6, 6.07) is 12.1. The molecular formula is C14H16ClNOS. The number of thiophene rings is 1. The Labute approximate surface area is 117 Å². The summed E-state index contributed by atoms with van der Waals surface area (Å²) in [7, 11) is 1.71. The van der Waals surface area contributed by atoms with Crippen molar-refractivity contribution in [1.29, 1.82) is 0 Å². The maximum Gasteiger partial charge on any atom is 0.122 e. The van der Waals surface area contributed by atoms with Gasteiger partial charge in [-0.3, -0.25) is 0 Å². The largest absolute Gasteiger partial charge is 0.496 e. The third kappa shape index (κ3) is 3.73. The summed E-state index contributed by atoms with van der Waals surface area (Å²) in [4.78, 5) is 1.26. The average Bonchev–Trinajstić information content (AvgIpc) is 2.81. The standard InChI is InChI=1S/C14H16ClNOS/c1-17-13-5-3-2-4-11(13)8-9-16-10-12-6-7-14(15)18-12/h2-7,16H,8-10H2,1H3. The van der Waals surface area contributed by atoms with Crippen LogP contribution in [-0.4, -0.2) is 13.7 Å². The molecular weight excluding hydrogens is 266 g/mol. The fourth-order valence-corrected chi connectivity index (χ4v) is 2.85. The van der Waals surface area contributed by atoms with Crippen LogP contribution < -0.4 is 10.1 Å². The predicted octanol–water partition coefficient (Wildman–Crippen LogP) is 3.74. The van der Waals surface area contributed by atoms with Crippen LogP contribution in [0.1, 0.15) is 10.4 Å². The van der Waals surface area contributed by atoms with Crippen LogP contribution in [0.5, 0.6) is 5.75 Å². The minimum Gasteiger partial charge on any atom is -0.496 e. The van der Waals surface area contributed by atoms with Crippen molar-refractivity contribution in [2.45, 2.75) is 13.0 Å². The maximum atomic E-state index is 5.88. The molecule has 1 N–H and O–H groups in total. The lowest BCUT2D eigenvalue weighted by atomic mass is 10.1. The number of benzene rings is 1. The summed E-state index contributed by atoms with van der Waals surface area (Å²) in [5.41, 5.74) is 1.23. The highest BCUT2D eigenvalue weighted by Gasteiger charge is 2.01. The summed E-state index contributed by atoms with van der Waals surface area (Å²) < 4.78 is 6.16. The first kappa shape index (κ1) is 13.4. The summed E-state index contributed by atoms with van der Waals surface area (Å²) >= 11 is 7.50. The second-order valence-corrected chi connectivity index (χ2v) is 5.74. The van der Waals surface area contributed by atoms with Gasteiger partial charge in [-0.15, -0.1) is 11.3 Å². The van der Waals surface area contributed by atoms with E-state index in [4.69, 9.17) is 16.3 Å². The van der Waals surface area contributed by atoms with Gasteiger partial charge in [0.1, 0.15) is 5.75 Å². The van der Waals surface area contributed by atoms with Crippen LogP contribution in [0, 0.1) is 0 Å². The molecule has 1 aromatic carbocycles. The van der Waals surface area contributed by atoms with E-state index in [9.17, 15) is 0 Å². The van der Waals surface area contributed by atoms with Crippen molar-refractivity contribution < 1.29 is 4.74 Å². The number of ether oxygens (including phenoxy) is 1. The summed E-state index contributed by atoms with van der Waals surface area (Å²) in [5, 5.41) is 3.41. The fraction of sp³-hybridized carbons (Fsp3) is 0.286. The van der Waals surface area contributed by atoms with Crippen molar-refractivity contribution in [3.8, 4) is 5.75 Å². The van der Waals surface area contributed by atoms with Gasteiger partial charge in [0, 0.05) is 11.4 Å². The monoisotopic (exact) mass is 281 g/mol. The first-order chi connectivity index (χ1) is 8.79. The van der Waals surface area contributed by atoms with E-state index in [0.717, 1.165) is 29.6 Å². The Morgan fingerprint density at radius 3 is 2.78 bits per heavy atom. The molecule has 0 saturated heterocycles. The van der Waals surface area contributed by atoms with Crippen molar-refractivity contribution in [1.82, 2.24) is 5.32 Å². The molecule has 0 atom stereocenters. The number of para-hydroxylation sites is 1. The zero-order valence-corrected chi connectivity index (χ0v) is 11.9. The van der Waals surface area contributed by atoms with Crippen LogP contribution in [0.4, 0.5) is 0 Å². The average molecular weight is 282 g/mol. The minimum atomic E-state index is 0.844. The molecule has 1 heterocycles. The molecule has 0 amide bonds. The molecule has 0 spiro atoms. The van der Waals surface area contributed by atoms with E-state index in [2.05, 4.69) is 17.4 Å². The maximum absolute atomic E-state index is 5.88. The first-order valence-electron chi connectivity index (χ1n) is 5.86. The van der Waals surface area contributed by atoms with E-state index in [-0.39, 0.29) is 0 Å². The van der Waals surface area contributed by atoms with Gasteiger partial charge in [0.05, 0.1) is 11.4 Å². The van der Waals surface area contributed by atoms with Gasteiger partial charge < -0.3 is 10.1 Å². The normalized spacial score (nSPS) is 10.6. The smallest absolute Gasteiger partial charge is 0.122 e. The van der Waals surface area contributed by atoms with Gasteiger partial charge in [0.25, 0.3) is 0 Å². The molecule has 4 heteroatoms. The molecule has 0 aliphatic carbocycles. The van der Waals surface area contributed by atoms with Gasteiger partial charge in [-0.25, -0.2) is 0 Å². The highest BCUT2D eigenvalue weighted by atomic mass is 35.5. The third-order valence-electron chi connectivity index (χ3n) is 2.69. The molecule has 96 valence electrons. The second kappa shape index (κ2) is 6.78. The lowest BCUT2D eigenvalue weighted by molar-refractivity contribution is 0.409. The predicted molar refractivity (Wildman–Crippen MR) is 77.7 cm³/mol. The lowest BCUT2D eigenvalue weighted by Crippen LogP contribution is -2.16. The quantitative estimate of drug-likeness (QED) is 0.815. The Morgan fingerprint density at radius 1 is 1.22 bits per heavy atom. The molecule has 0 unspecified atom stereocenters. The first-order valence-corrected chi connectivity index (χ1v) is 7.06. The van der Waals surface area contributed by atoms with Crippen molar-refractivity contribution in [3.05, 3.63) is 51.2 Å². The van der Waals surface area contributed by atoms with Crippen LogP contribution in [-0.2, 0) is 13.0 Å². The van der Waals surface area contributed by atoms with E-state index in [1.165, 1.54) is 10.4 Å². The molecule has 2 nitrogen and oxygen atoms in total. The van der Waals surface area contributed by atoms with Crippen molar-refractivity contribution >= 4 is 22.9 Å². The Kier molecular flexibility index (Phi) is 5.05. The van der Waals surface area contributed by atoms with Crippen LogP contribution >= 0.6 is 22.9 Å². The molecule has 0 bridgehead atoms. The second-order valence-electron chi connectivity index (χ2n) is 3.94. The number of hydrogen-bond donors (Lipinski definition) is 1. The van der Waals surface area contributed by atoms with Crippen LogP contribution in [0.3, 0.4) is 0 Å². The Hall–Kier alpha value is -1.03. The van der Waals surface area contributed by atoms with Gasteiger partial charge in [0.15, 0.2) is 0 Å². The highest BCUT2D eigenvalue weighted by molar-refractivity contribution is 7.16. The van der Waals surface area contributed by atoms with Gasteiger partial charge in [-0.2, -0.15) is 0 Å². The number of nitrogens with one attached hydrogen (secondary N) is 1. The van der Waals surface area contributed by atoms with E-state index in [1.807, 2.05) is 24.3 Å². The van der Waals surface area contributed by atoms with Gasteiger partial charge in [-0.1, -0.05) is 29.8 Å². The molecule has 2 rings (SSSR count). The molecule has 0 saturated carbocycles. The summed E-state index contributed by atoms with van der Waals surface area (Å²) in [6.07, 6.45) is 0.961. The van der Waals surface area contributed by atoms with Crippen LogP contribution in [0.2, 0.25) is 4.34 Å².